The van der Waals surface area contributed by atoms with Crippen molar-refractivity contribution in [2.45, 2.75) is 13.8 Å². The maximum Gasteiger partial charge on any atom is 0.353 e. The molecule has 4 rings (SSSR count). The molecule has 0 amide bonds. The summed E-state index contributed by atoms with van der Waals surface area (Å²) in [5, 5.41) is 17.9. The first-order chi connectivity index (χ1) is 15.5. The molecule has 8 nitrogen and oxygen atoms in total. The van der Waals surface area contributed by atoms with Crippen LogP contribution in [0.3, 0.4) is 0 Å². The maximum absolute atomic E-state index is 11.9. The van der Waals surface area contributed by atoms with Crippen molar-refractivity contribution in [2.75, 3.05) is 10.6 Å². The number of hydrogen-bond acceptors (Lipinski definition) is 7. The predicted octanol–water partition coefficient (Wildman–Crippen LogP) is 6.28. The molecule has 0 fully saturated rings. The Morgan fingerprint density at radius 1 is 0.844 bits per heavy atom. The first kappa shape index (κ1) is 20.8. The van der Waals surface area contributed by atoms with Crippen molar-refractivity contribution in [1.29, 1.82) is 0 Å². The smallest absolute Gasteiger partial charge is 0.353 e. The molecule has 160 valence electrons. The molecule has 0 saturated heterocycles. The van der Waals surface area contributed by atoms with Gasteiger partial charge in [0.1, 0.15) is 17.8 Å². The van der Waals surface area contributed by atoms with Crippen molar-refractivity contribution < 1.29 is 9.66 Å². The Morgan fingerprint density at radius 3 is 2.19 bits per heavy atom. The van der Waals surface area contributed by atoms with Crippen molar-refractivity contribution in [1.82, 2.24) is 9.97 Å². The Morgan fingerprint density at radius 2 is 1.50 bits per heavy atom. The first-order valence-corrected chi connectivity index (χ1v) is 9.93. The third kappa shape index (κ3) is 4.81. The second kappa shape index (κ2) is 9.13. The summed E-state index contributed by atoms with van der Waals surface area (Å²) in [6.45, 7) is 3.88. The summed E-state index contributed by atoms with van der Waals surface area (Å²) in [5.41, 5.74) is 3.13. The van der Waals surface area contributed by atoms with Crippen LogP contribution >= 0.6 is 0 Å². The van der Waals surface area contributed by atoms with Crippen molar-refractivity contribution in [3.05, 3.63) is 100 Å². The largest absolute Gasteiger partial charge is 0.457 e. The van der Waals surface area contributed by atoms with Crippen LogP contribution < -0.4 is 15.4 Å². The van der Waals surface area contributed by atoms with Gasteiger partial charge in [-0.2, -0.15) is 0 Å². The lowest BCUT2D eigenvalue weighted by Gasteiger charge is -2.12. The van der Waals surface area contributed by atoms with Gasteiger partial charge in [0.15, 0.2) is 0 Å². The van der Waals surface area contributed by atoms with Gasteiger partial charge in [0.25, 0.3) is 0 Å². The number of ether oxygens (including phenoxy) is 1. The number of aryl methyl sites for hydroxylation is 2. The third-order valence-electron chi connectivity index (χ3n) is 4.75. The molecule has 0 bridgehead atoms. The minimum Gasteiger partial charge on any atom is -0.457 e. The number of benzene rings is 3. The molecule has 4 aromatic rings. The molecule has 0 unspecified atom stereocenters. The number of nitrogens with zero attached hydrogens (tertiary/aromatic N) is 3. The topological polar surface area (TPSA) is 102 Å². The minimum absolute atomic E-state index is 0.0922. The molecule has 2 N–H and O–H groups in total. The number of nitro groups is 1. The molecule has 1 heterocycles. The minimum atomic E-state index is -0.497. The average molecular weight is 427 g/mol. The zero-order valence-electron chi connectivity index (χ0n) is 17.6. The number of anilines is 4. The highest BCUT2D eigenvalue weighted by atomic mass is 16.6. The summed E-state index contributed by atoms with van der Waals surface area (Å²) in [6.07, 6.45) is 1.29. The van der Waals surface area contributed by atoms with Gasteiger partial charge in [0, 0.05) is 11.4 Å². The first-order valence-electron chi connectivity index (χ1n) is 9.93. The Labute approximate surface area is 185 Å². The Kier molecular flexibility index (Phi) is 5.94. The lowest BCUT2D eigenvalue weighted by atomic mass is 10.1. The number of nitrogens with one attached hydrogen (secondary N) is 2. The van der Waals surface area contributed by atoms with Crippen LogP contribution in [0.4, 0.5) is 28.7 Å². The highest BCUT2D eigenvalue weighted by molar-refractivity contribution is 5.77. The maximum atomic E-state index is 11.9. The van der Waals surface area contributed by atoms with E-state index in [1.54, 1.807) is 24.3 Å². The molecule has 8 heteroatoms. The molecule has 0 spiro atoms. The standard InChI is InChI=1S/C24H21N5O3/c1-16-8-9-17(2)21(14-16)28-24-22(29(30)31)23(25-15-26-24)27-18-10-12-20(13-11-18)32-19-6-4-3-5-7-19/h3-15H,1-2H3,(H2,25,26,27,28). The van der Waals surface area contributed by atoms with Crippen LogP contribution in [0.25, 0.3) is 0 Å². The summed E-state index contributed by atoms with van der Waals surface area (Å²) in [7, 11) is 0. The lowest BCUT2D eigenvalue weighted by molar-refractivity contribution is -0.383. The second-order valence-electron chi connectivity index (χ2n) is 7.18. The second-order valence-corrected chi connectivity index (χ2v) is 7.18. The number of para-hydroxylation sites is 1. The fourth-order valence-electron chi connectivity index (χ4n) is 3.10. The van der Waals surface area contributed by atoms with Crippen LogP contribution in [-0.4, -0.2) is 14.9 Å². The quantitative estimate of drug-likeness (QED) is 0.264. The van der Waals surface area contributed by atoms with Crippen molar-refractivity contribution >= 4 is 28.7 Å². The highest BCUT2D eigenvalue weighted by Gasteiger charge is 2.23. The fourth-order valence-corrected chi connectivity index (χ4v) is 3.10. The van der Waals surface area contributed by atoms with Crippen LogP contribution in [0.15, 0.2) is 79.1 Å². The van der Waals surface area contributed by atoms with E-state index in [0.29, 0.717) is 11.4 Å². The van der Waals surface area contributed by atoms with E-state index in [4.69, 9.17) is 4.74 Å². The zero-order chi connectivity index (χ0) is 22.5. The van der Waals surface area contributed by atoms with Gasteiger partial charge in [0.05, 0.1) is 4.92 Å². The predicted molar refractivity (Wildman–Crippen MR) is 124 cm³/mol. The van der Waals surface area contributed by atoms with Crippen LogP contribution in [-0.2, 0) is 0 Å². The molecule has 3 aromatic carbocycles. The van der Waals surface area contributed by atoms with E-state index in [-0.39, 0.29) is 17.3 Å². The monoisotopic (exact) mass is 427 g/mol. The summed E-state index contributed by atoms with van der Waals surface area (Å²) < 4.78 is 5.78. The van der Waals surface area contributed by atoms with E-state index < -0.39 is 4.92 Å². The normalized spacial score (nSPS) is 10.4. The van der Waals surface area contributed by atoms with E-state index >= 15 is 0 Å². The van der Waals surface area contributed by atoms with Crippen molar-refractivity contribution in [3.63, 3.8) is 0 Å². The van der Waals surface area contributed by atoms with E-state index in [0.717, 1.165) is 22.6 Å². The zero-order valence-corrected chi connectivity index (χ0v) is 17.6. The molecule has 0 aliphatic heterocycles. The third-order valence-corrected chi connectivity index (χ3v) is 4.75. The van der Waals surface area contributed by atoms with Crippen LogP contribution in [0.5, 0.6) is 11.5 Å². The van der Waals surface area contributed by atoms with E-state index in [1.807, 2.05) is 62.4 Å². The van der Waals surface area contributed by atoms with Gasteiger partial charge in [-0.3, -0.25) is 10.1 Å². The number of rotatable bonds is 7. The van der Waals surface area contributed by atoms with Gasteiger partial charge in [-0.25, -0.2) is 9.97 Å². The molecule has 0 aliphatic carbocycles. The molecular formula is C24H21N5O3. The Bertz CT molecular complexity index is 1240. The van der Waals surface area contributed by atoms with Crippen LogP contribution in [0.1, 0.15) is 11.1 Å². The Hall–Kier alpha value is -4.46. The molecular weight excluding hydrogens is 406 g/mol. The lowest BCUT2D eigenvalue weighted by Crippen LogP contribution is -2.06. The number of hydrogen-bond donors (Lipinski definition) is 2. The molecule has 0 aliphatic rings. The molecule has 1 aromatic heterocycles. The van der Waals surface area contributed by atoms with Gasteiger partial charge in [-0.05, 0) is 67.4 Å². The SMILES string of the molecule is Cc1ccc(C)c(Nc2ncnc(Nc3ccc(Oc4ccccc4)cc3)c2[N+](=O)[O-])c1. The van der Waals surface area contributed by atoms with Gasteiger partial charge in [0.2, 0.25) is 11.6 Å². The van der Waals surface area contributed by atoms with E-state index in [9.17, 15) is 10.1 Å². The van der Waals surface area contributed by atoms with Crippen molar-refractivity contribution in [2.24, 2.45) is 0 Å². The molecule has 0 saturated carbocycles. The summed E-state index contributed by atoms with van der Waals surface area (Å²) in [4.78, 5) is 19.6. The van der Waals surface area contributed by atoms with Gasteiger partial charge >= 0.3 is 5.69 Å². The Balaban J connectivity index is 1.58. The molecule has 0 radical (unpaired) electrons. The van der Waals surface area contributed by atoms with Gasteiger partial charge < -0.3 is 15.4 Å². The van der Waals surface area contributed by atoms with E-state index in [2.05, 4.69) is 20.6 Å². The highest BCUT2D eigenvalue weighted by Crippen LogP contribution is 2.34. The summed E-state index contributed by atoms with van der Waals surface area (Å²) in [5.74, 6) is 1.58. The van der Waals surface area contributed by atoms with Crippen LogP contribution in [0.2, 0.25) is 0 Å². The van der Waals surface area contributed by atoms with Crippen LogP contribution in [0, 0.1) is 24.0 Å². The molecule has 0 atom stereocenters. The van der Waals surface area contributed by atoms with E-state index in [1.165, 1.54) is 6.33 Å². The average Bonchev–Trinajstić information content (AvgIpc) is 2.78. The fraction of sp³-hybridized carbons (Fsp3) is 0.0833. The van der Waals surface area contributed by atoms with Gasteiger partial charge in [-0.15, -0.1) is 0 Å². The van der Waals surface area contributed by atoms with Gasteiger partial charge in [-0.1, -0.05) is 30.3 Å². The summed E-state index contributed by atoms with van der Waals surface area (Å²) >= 11 is 0. The number of aromatic nitrogens is 2. The molecule has 32 heavy (non-hydrogen) atoms. The van der Waals surface area contributed by atoms with Crippen molar-refractivity contribution in [3.8, 4) is 11.5 Å². The summed E-state index contributed by atoms with van der Waals surface area (Å²) in [6, 6.07) is 22.3.